The van der Waals surface area contributed by atoms with E-state index in [0.29, 0.717) is 5.56 Å². The van der Waals surface area contributed by atoms with Crippen molar-refractivity contribution in [1.29, 1.82) is 0 Å². The monoisotopic (exact) mass is 260 g/mol. The van der Waals surface area contributed by atoms with E-state index in [1.807, 2.05) is 32.0 Å². The molecule has 0 saturated heterocycles. The van der Waals surface area contributed by atoms with E-state index in [1.165, 1.54) is 0 Å². The minimum Gasteiger partial charge on any atom is -0.481 e. The number of carbonyl (C=O) groups is 2. The van der Waals surface area contributed by atoms with Crippen LogP contribution >= 0.6 is 0 Å². The third-order valence-electron chi connectivity index (χ3n) is 2.99. The third kappa shape index (κ3) is 2.76. The molecule has 100 valence electrons. The molecule has 1 heterocycles. The van der Waals surface area contributed by atoms with Crippen molar-refractivity contribution < 1.29 is 14.7 Å². The van der Waals surface area contributed by atoms with Crippen LogP contribution in [0, 0.1) is 13.8 Å². The van der Waals surface area contributed by atoms with Crippen LogP contribution in [0.5, 0.6) is 0 Å². The van der Waals surface area contributed by atoms with Crippen LogP contribution in [-0.2, 0) is 4.79 Å². The molecule has 0 saturated carbocycles. The molecule has 3 N–H and O–H groups in total. The average molecular weight is 260 g/mol. The van der Waals surface area contributed by atoms with Gasteiger partial charge in [-0.05, 0) is 25.5 Å². The average Bonchev–Trinajstić information content (AvgIpc) is 2.63. The molecule has 0 aliphatic heterocycles. The van der Waals surface area contributed by atoms with Crippen molar-refractivity contribution in [1.82, 2.24) is 10.3 Å². The van der Waals surface area contributed by atoms with Crippen LogP contribution in [0.25, 0.3) is 10.9 Å². The zero-order chi connectivity index (χ0) is 14.0. The molecule has 0 spiro atoms. The highest BCUT2D eigenvalue weighted by atomic mass is 16.4. The Hall–Kier alpha value is -2.30. The summed E-state index contributed by atoms with van der Waals surface area (Å²) >= 11 is 0. The highest BCUT2D eigenvalue weighted by Crippen LogP contribution is 2.22. The van der Waals surface area contributed by atoms with Crippen molar-refractivity contribution in [3.63, 3.8) is 0 Å². The fraction of sp³-hybridized carbons (Fsp3) is 0.286. The lowest BCUT2D eigenvalue weighted by Gasteiger charge is -2.03. The Balaban J connectivity index is 2.26. The second-order valence-electron chi connectivity index (χ2n) is 4.57. The summed E-state index contributed by atoms with van der Waals surface area (Å²) < 4.78 is 0. The largest absolute Gasteiger partial charge is 0.481 e. The molecule has 2 aromatic rings. The topological polar surface area (TPSA) is 82.2 Å². The molecule has 1 aromatic heterocycles. The maximum Gasteiger partial charge on any atom is 0.305 e. The molecule has 5 nitrogen and oxygen atoms in total. The number of aliphatic carboxylic acids is 1. The zero-order valence-electron chi connectivity index (χ0n) is 10.9. The molecular weight excluding hydrogens is 244 g/mol. The minimum absolute atomic E-state index is 0.0771. The summed E-state index contributed by atoms with van der Waals surface area (Å²) in [5, 5.41) is 12.0. The van der Waals surface area contributed by atoms with Crippen LogP contribution in [0.1, 0.15) is 28.0 Å². The predicted octanol–water partition coefficient (Wildman–Crippen LogP) is 1.99. The third-order valence-corrected chi connectivity index (χ3v) is 2.99. The Morgan fingerprint density at radius 1 is 1.32 bits per heavy atom. The number of carboxylic acid groups (broad SMARTS) is 1. The van der Waals surface area contributed by atoms with Gasteiger partial charge in [0.2, 0.25) is 0 Å². The van der Waals surface area contributed by atoms with Crippen molar-refractivity contribution in [3.05, 3.63) is 35.0 Å². The standard InChI is InChI=1S/C14H16N2O3/c1-8-3-4-10-11(7-8)16-9(2)13(10)14(19)15-6-5-12(17)18/h3-4,7,16H,5-6H2,1-2H3,(H,15,19)(H,17,18). The molecule has 0 atom stereocenters. The van der Waals surface area contributed by atoms with Crippen LogP contribution in [0.2, 0.25) is 0 Å². The Labute approximate surface area is 110 Å². The molecule has 0 aliphatic rings. The summed E-state index contributed by atoms with van der Waals surface area (Å²) in [5.41, 5.74) is 3.40. The van der Waals surface area contributed by atoms with E-state index in [-0.39, 0.29) is 18.9 Å². The molecule has 0 unspecified atom stereocenters. The van der Waals surface area contributed by atoms with Gasteiger partial charge in [-0.15, -0.1) is 0 Å². The van der Waals surface area contributed by atoms with Crippen LogP contribution < -0.4 is 5.32 Å². The number of carboxylic acids is 1. The molecule has 19 heavy (non-hydrogen) atoms. The number of aromatic amines is 1. The zero-order valence-corrected chi connectivity index (χ0v) is 10.9. The number of carbonyl (C=O) groups excluding carboxylic acids is 1. The van der Waals surface area contributed by atoms with E-state index in [0.717, 1.165) is 22.2 Å². The quantitative estimate of drug-likeness (QED) is 0.786. The first-order chi connectivity index (χ1) is 8.99. The van der Waals surface area contributed by atoms with Crippen molar-refractivity contribution in [3.8, 4) is 0 Å². The van der Waals surface area contributed by atoms with E-state index in [2.05, 4.69) is 10.3 Å². The van der Waals surface area contributed by atoms with Crippen molar-refractivity contribution in [2.24, 2.45) is 0 Å². The van der Waals surface area contributed by atoms with Gasteiger partial charge >= 0.3 is 5.97 Å². The molecular formula is C14H16N2O3. The maximum atomic E-state index is 12.1. The van der Waals surface area contributed by atoms with Crippen LogP contribution in [0.3, 0.4) is 0 Å². The Kier molecular flexibility index (Phi) is 3.55. The highest BCUT2D eigenvalue weighted by Gasteiger charge is 2.15. The molecule has 0 radical (unpaired) electrons. The summed E-state index contributed by atoms with van der Waals surface area (Å²) in [4.78, 5) is 25.7. The van der Waals surface area contributed by atoms with E-state index in [1.54, 1.807) is 0 Å². The van der Waals surface area contributed by atoms with Gasteiger partial charge in [0, 0.05) is 23.1 Å². The summed E-state index contributed by atoms with van der Waals surface area (Å²) in [6.45, 7) is 3.95. The first-order valence-electron chi connectivity index (χ1n) is 6.08. The summed E-state index contributed by atoms with van der Waals surface area (Å²) in [6, 6.07) is 5.83. The van der Waals surface area contributed by atoms with E-state index in [4.69, 9.17) is 5.11 Å². The molecule has 5 heteroatoms. The smallest absolute Gasteiger partial charge is 0.305 e. The SMILES string of the molecule is Cc1ccc2c(C(=O)NCCC(=O)O)c(C)[nH]c2c1. The number of fused-ring (bicyclic) bond motifs is 1. The number of aryl methyl sites for hydroxylation is 2. The Morgan fingerprint density at radius 3 is 2.74 bits per heavy atom. The number of benzene rings is 1. The summed E-state index contributed by atoms with van der Waals surface area (Å²) in [7, 11) is 0. The van der Waals surface area contributed by atoms with Gasteiger partial charge in [-0.2, -0.15) is 0 Å². The lowest BCUT2D eigenvalue weighted by atomic mass is 10.1. The van der Waals surface area contributed by atoms with Gasteiger partial charge < -0.3 is 15.4 Å². The van der Waals surface area contributed by atoms with Gasteiger partial charge in [-0.3, -0.25) is 9.59 Å². The molecule has 1 aromatic carbocycles. The molecule has 0 bridgehead atoms. The molecule has 1 amide bonds. The maximum absolute atomic E-state index is 12.1. The van der Waals surface area contributed by atoms with Crippen LogP contribution in [-0.4, -0.2) is 28.5 Å². The van der Waals surface area contributed by atoms with Crippen molar-refractivity contribution in [2.45, 2.75) is 20.3 Å². The fourth-order valence-electron chi connectivity index (χ4n) is 2.11. The second-order valence-corrected chi connectivity index (χ2v) is 4.57. The normalized spacial score (nSPS) is 10.6. The lowest BCUT2D eigenvalue weighted by Crippen LogP contribution is -2.26. The van der Waals surface area contributed by atoms with Gasteiger partial charge in [0.05, 0.1) is 12.0 Å². The summed E-state index contributed by atoms with van der Waals surface area (Å²) in [5.74, 6) is -1.17. The number of hydrogen-bond acceptors (Lipinski definition) is 2. The first-order valence-corrected chi connectivity index (χ1v) is 6.08. The van der Waals surface area contributed by atoms with Gasteiger partial charge in [0.25, 0.3) is 5.91 Å². The lowest BCUT2D eigenvalue weighted by molar-refractivity contribution is -0.136. The first kappa shape index (κ1) is 13.1. The Morgan fingerprint density at radius 2 is 2.05 bits per heavy atom. The van der Waals surface area contributed by atoms with E-state index < -0.39 is 5.97 Å². The number of rotatable bonds is 4. The van der Waals surface area contributed by atoms with Gasteiger partial charge in [-0.25, -0.2) is 0 Å². The minimum atomic E-state index is -0.924. The number of amides is 1. The van der Waals surface area contributed by atoms with Crippen LogP contribution in [0.15, 0.2) is 18.2 Å². The number of hydrogen-bond donors (Lipinski definition) is 3. The Bertz CT molecular complexity index is 643. The van der Waals surface area contributed by atoms with Gasteiger partial charge in [-0.1, -0.05) is 12.1 Å². The predicted molar refractivity (Wildman–Crippen MR) is 72.4 cm³/mol. The number of H-pyrrole nitrogens is 1. The molecule has 2 rings (SSSR count). The number of aromatic nitrogens is 1. The molecule has 0 aliphatic carbocycles. The number of nitrogens with one attached hydrogen (secondary N) is 2. The highest BCUT2D eigenvalue weighted by molar-refractivity contribution is 6.08. The van der Waals surface area contributed by atoms with Gasteiger partial charge in [0.15, 0.2) is 0 Å². The van der Waals surface area contributed by atoms with Crippen molar-refractivity contribution in [2.75, 3.05) is 6.54 Å². The molecule has 0 fully saturated rings. The van der Waals surface area contributed by atoms with Gasteiger partial charge in [0.1, 0.15) is 0 Å². The van der Waals surface area contributed by atoms with Crippen LogP contribution in [0.4, 0.5) is 0 Å². The van der Waals surface area contributed by atoms with E-state index in [9.17, 15) is 9.59 Å². The van der Waals surface area contributed by atoms with Crippen molar-refractivity contribution >= 4 is 22.8 Å². The van der Waals surface area contributed by atoms with E-state index >= 15 is 0 Å². The summed E-state index contributed by atoms with van der Waals surface area (Å²) in [6.07, 6.45) is -0.0771. The fourth-order valence-corrected chi connectivity index (χ4v) is 2.11. The second kappa shape index (κ2) is 5.14.